The standard InChI is InChI=1S/C40H67NO6Si2/c1-32(23-24-33(2)38(45-8)34(3)36(44-7)26-25-35-21-17-16-18-22-35)31-37(42)41(39(43)46-29-30-48(9,10)11)27-19-14-15-20-28-47-49(12,13)40(4,5)6/h16-19,21-27,31,33-34,36,38H,14-15,20,28-30H2,1-13H3/b24-23+,26-25+,27-19-,32-31+/t33-,34+,36-,38-/m0/s1. The fourth-order valence-corrected chi connectivity index (χ4v) is 6.69. The molecule has 9 heteroatoms. The fraction of sp³-hybridized carbons (Fsp3) is 0.600. The molecule has 1 rings (SSSR count). The monoisotopic (exact) mass is 713 g/mol. The minimum Gasteiger partial charge on any atom is -0.449 e. The van der Waals surface area contributed by atoms with E-state index in [0.29, 0.717) is 6.61 Å². The summed E-state index contributed by atoms with van der Waals surface area (Å²) in [5.41, 5.74) is 1.84. The van der Waals surface area contributed by atoms with Crippen molar-refractivity contribution in [2.45, 2.75) is 117 Å². The summed E-state index contributed by atoms with van der Waals surface area (Å²) in [4.78, 5) is 27.6. The highest BCUT2D eigenvalue weighted by atomic mass is 28.4. The number of nitrogens with zero attached hydrogens (tertiary/aromatic N) is 1. The van der Waals surface area contributed by atoms with Gasteiger partial charge in [0.05, 0.1) is 18.8 Å². The van der Waals surface area contributed by atoms with Gasteiger partial charge in [-0.1, -0.05) is 115 Å². The van der Waals surface area contributed by atoms with Crippen LogP contribution < -0.4 is 0 Å². The third-order valence-corrected chi connectivity index (χ3v) is 15.4. The van der Waals surface area contributed by atoms with E-state index in [0.717, 1.165) is 47.9 Å². The van der Waals surface area contributed by atoms with Crippen LogP contribution in [0.5, 0.6) is 0 Å². The largest absolute Gasteiger partial charge is 0.449 e. The van der Waals surface area contributed by atoms with Crippen molar-refractivity contribution in [2.75, 3.05) is 27.4 Å². The molecule has 0 aromatic heterocycles. The fourth-order valence-electron chi connectivity index (χ4n) is 4.89. The van der Waals surface area contributed by atoms with E-state index in [4.69, 9.17) is 18.6 Å². The van der Waals surface area contributed by atoms with Crippen LogP contribution in [-0.4, -0.2) is 72.9 Å². The Morgan fingerprint density at radius 1 is 0.918 bits per heavy atom. The molecule has 0 aliphatic rings. The smallest absolute Gasteiger partial charge is 0.420 e. The second-order valence-corrected chi connectivity index (χ2v) is 26.2. The van der Waals surface area contributed by atoms with Gasteiger partial charge < -0.3 is 18.6 Å². The first-order chi connectivity index (χ1) is 22.8. The molecule has 49 heavy (non-hydrogen) atoms. The molecule has 0 bridgehead atoms. The normalized spacial score (nSPS) is 15.9. The maximum absolute atomic E-state index is 13.4. The average Bonchev–Trinajstić information content (AvgIpc) is 3.01. The number of carbonyl (C=O) groups excluding carboxylic acids is 2. The minimum absolute atomic E-state index is 0.0318. The summed E-state index contributed by atoms with van der Waals surface area (Å²) in [5, 5.41) is 0.180. The molecule has 1 aromatic rings. The van der Waals surface area contributed by atoms with Gasteiger partial charge in [-0.25, -0.2) is 9.69 Å². The summed E-state index contributed by atoms with van der Waals surface area (Å²) in [7, 11) is 0.249. The molecule has 0 saturated heterocycles. The Kier molecular flexibility index (Phi) is 19.6. The molecule has 0 spiro atoms. The van der Waals surface area contributed by atoms with Crippen molar-refractivity contribution in [1.82, 2.24) is 4.90 Å². The first-order valence-corrected chi connectivity index (χ1v) is 24.4. The van der Waals surface area contributed by atoms with Gasteiger partial charge in [0.15, 0.2) is 8.32 Å². The summed E-state index contributed by atoms with van der Waals surface area (Å²) in [6, 6.07) is 11.0. The summed E-state index contributed by atoms with van der Waals surface area (Å²) >= 11 is 0. The molecule has 0 aliphatic carbocycles. The Balaban J connectivity index is 2.96. The molecule has 7 nitrogen and oxygen atoms in total. The zero-order chi connectivity index (χ0) is 37.3. The molecule has 0 radical (unpaired) electrons. The Hall–Kier alpha value is -2.57. The number of carbonyl (C=O) groups is 2. The third-order valence-electron chi connectivity index (χ3n) is 9.19. The number of hydrogen-bond donors (Lipinski definition) is 0. The molecule has 0 unspecified atom stereocenters. The molecule has 2 amide bonds. The second-order valence-electron chi connectivity index (χ2n) is 15.8. The van der Waals surface area contributed by atoms with Crippen molar-refractivity contribution in [3.8, 4) is 0 Å². The average molecular weight is 714 g/mol. The lowest BCUT2D eigenvalue weighted by atomic mass is 9.88. The minimum atomic E-state index is -1.77. The quantitative estimate of drug-likeness (QED) is 0.0580. The topological polar surface area (TPSA) is 74.3 Å². The van der Waals surface area contributed by atoms with Crippen molar-refractivity contribution < 1.29 is 28.2 Å². The van der Waals surface area contributed by atoms with Gasteiger partial charge in [0.1, 0.15) is 0 Å². The number of ether oxygens (including phenoxy) is 3. The number of imide groups is 1. The van der Waals surface area contributed by atoms with Crippen molar-refractivity contribution in [3.63, 3.8) is 0 Å². The first kappa shape index (κ1) is 44.5. The van der Waals surface area contributed by atoms with E-state index >= 15 is 0 Å². The number of amides is 2. The van der Waals surface area contributed by atoms with Crippen molar-refractivity contribution >= 4 is 34.5 Å². The van der Waals surface area contributed by atoms with E-state index in [-0.39, 0.29) is 29.1 Å². The Morgan fingerprint density at radius 2 is 1.57 bits per heavy atom. The maximum Gasteiger partial charge on any atom is 0.420 e. The van der Waals surface area contributed by atoms with E-state index < -0.39 is 28.4 Å². The molecular formula is C40H67NO6Si2. The molecule has 1 aromatic carbocycles. The Morgan fingerprint density at radius 3 is 2.14 bits per heavy atom. The summed E-state index contributed by atoms with van der Waals surface area (Å²) in [6.07, 6.45) is 14.6. The van der Waals surface area contributed by atoms with Crippen molar-refractivity contribution in [2.24, 2.45) is 11.8 Å². The maximum atomic E-state index is 13.4. The molecule has 0 aliphatic heterocycles. The number of allylic oxidation sites excluding steroid dienone is 3. The van der Waals surface area contributed by atoms with Gasteiger partial charge in [-0.15, -0.1) is 0 Å². The molecule has 276 valence electrons. The van der Waals surface area contributed by atoms with E-state index in [1.165, 1.54) is 6.08 Å². The van der Waals surface area contributed by atoms with Crippen LogP contribution in [0.1, 0.15) is 66.4 Å². The SMILES string of the molecule is CO[C@H]([C@H](C)[C@H](/C=C/c1ccccc1)OC)[C@@H](C)/C=C/C(C)=C/C(=O)N(/C=C\CCCCO[Si](C)(C)C(C)(C)C)C(=O)OCC[Si](C)(C)C. The summed E-state index contributed by atoms with van der Waals surface area (Å²) in [6.45, 7) is 25.0. The van der Waals surface area contributed by atoms with E-state index in [1.54, 1.807) is 20.4 Å². The number of unbranched alkanes of at least 4 members (excludes halogenated alkanes) is 2. The molecule has 0 fully saturated rings. The van der Waals surface area contributed by atoms with Gasteiger partial charge >= 0.3 is 6.09 Å². The van der Waals surface area contributed by atoms with Crippen LogP contribution in [0.25, 0.3) is 6.08 Å². The second kappa shape index (κ2) is 21.6. The molecule has 0 heterocycles. The van der Waals surface area contributed by atoms with Gasteiger partial charge in [-0.05, 0) is 61.5 Å². The van der Waals surface area contributed by atoms with Crippen LogP contribution in [0.3, 0.4) is 0 Å². The lowest BCUT2D eigenvalue weighted by molar-refractivity contribution is -0.122. The summed E-state index contributed by atoms with van der Waals surface area (Å²) < 4.78 is 23.6. The molecule has 4 atom stereocenters. The van der Waals surface area contributed by atoms with Crippen molar-refractivity contribution in [1.29, 1.82) is 0 Å². The molecule has 0 N–H and O–H groups in total. The van der Waals surface area contributed by atoms with Gasteiger partial charge in [0.25, 0.3) is 5.91 Å². The van der Waals surface area contributed by atoms with Crippen LogP contribution in [0.15, 0.2) is 72.5 Å². The number of methoxy groups -OCH3 is 2. The van der Waals surface area contributed by atoms with Crippen LogP contribution in [0, 0.1) is 11.8 Å². The van der Waals surface area contributed by atoms with Gasteiger partial charge in [0, 0.05) is 53.0 Å². The zero-order valence-corrected chi connectivity index (χ0v) is 34.9. The number of hydrogen-bond acceptors (Lipinski definition) is 6. The van der Waals surface area contributed by atoms with Gasteiger partial charge in [-0.2, -0.15) is 0 Å². The lowest BCUT2D eigenvalue weighted by Crippen LogP contribution is -2.40. The van der Waals surface area contributed by atoms with Gasteiger partial charge in [0.2, 0.25) is 0 Å². The van der Waals surface area contributed by atoms with E-state index in [2.05, 4.69) is 91.6 Å². The van der Waals surface area contributed by atoms with E-state index in [9.17, 15) is 9.59 Å². The third kappa shape index (κ3) is 17.3. The highest BCUT2D eigenvalue weighted by molar-refractivity contribution is 6.76. The predicted molar refractivity (Wildman–Crippen MR) is 211 cm³/mol. The zero-order valence-electron chi connectivity index (χ0n) is 32.9. The first-order valence-electron chi connectivity index (χ1n) is 17.8. The predicted octanol–water partition coefficient (Wildman–Crippen LogP) is 10.5. The Labute approximate surface area is 301 Å². The van der Waals surface area contributed by atoms with E-state index in [1.807, 2.05) is 43.4 Å². The van der Waals surface area contributed by atoms with Crippen LogP contribution in [-0.2, 0) is 23.4 Å². The summed E-state index contributed by atoms with van der Waals surface area (Å²) in [5.74, 6) is -0.345. The lowest BCUT2D eigenvalue weighted by Gasteiger charge is -2.36. The van der Waals surface area contributed by atoms with Crippen LogP contribution >= 0.6 is 0 Å². The molecular weight excluding hydrogens is 647 g/mol. The number of benzene rings is 1. The highest BCUT2D eigenvalue weighted by Gasteiger charge is 2.36. The van der Waals surface area contributed by atoms with Crippen molar-refractivity contribution in [3.05, 3.63) is 78.0 Å². The Bertz CT molecular complexity index is 1240. The highest BCUT2D eigenvalue weighted by Crippen LogP contribution is 2.36. The van der Waals surface area contributed by atoms with Gasteiger partial charge in [-0.3, -0.25) is 4.79 Å². The van der Waals surface area contributed by atoms with Crippen LogP contribution in [0.2, 0.25) is 43.8 Å². The number of rotatable bonds is 20. The molecule has 0 saturated carbocycles. The van der Waals surface area contributed by atoms with Crippen LogP contribution in [0.4, 0.5) is 4.79 Å².